The van der Waals surface area contributed by atoms with Crippen molar-refractivity contribution in [3.8, 4) is 5.75 Å². The van der Waals surface area contributed by atoms with Crippen LogP contribution in [0.2, 0.25) is 0 Å². The second-order valence-electron chi connectivity index (χ2n) is 3.94. The van der Waals surface area contributed by atoms with Gasteiger partial charge in [-0.2, -0.15) is 0 Å². The van der Waals surface area contributed by atoms with Crippen LogP contribution < -0.4 is 4.74 Å². The third-order valence-corrected chi connectivity index (χ3v) is 3.75. The Morgan fingerprint density at radius 1 is 1.75 bits per heavy atom. The molecule has 0 aliphatic carbocycles. The van der Waals surface area contributed by atoms with Gasteiger partial charge in [-0.3, -0.25) is 4.79 Å². The topological polar surface area (TPSA) is 49.8 Å². The number of hydrogen-bond acceptors (Lipinski definition) is 4. The van der Waals surface area contributed by atoms with Gasteiger partial charge in [0.2, 0.25) is 0 Å². The van der Waals surface area contributed by atoms with Crippen LogP contribution in [0.3, 0.4) is 0 Å². The first-order valence-corrected chi connectivity index (χ1v) is 6.15. The Morgan fingerprint density at radius 3 is 3.12 bits per heavy atom. The number of hydrogen-bond donors (Lipinski definition) is 1. The zero-order valence-electron chi connectivity index (χ0n) is 9.18. The molecule has 1 saturated heterocycles. The number of aliphatic hydroxyl groups excluding tert-OH is 1. The zero-order valence-corrected chi connectivity index (χ0v) is 10.00. The maximum Gasteiger partial charge on any atom is 0.264 e. The van der Waals surface area contributed by atoms with Gasteiger partial charge < -0.3 is 14.7 Å². The van der Waals surface area contributed by atoms with E-state index in [1.807, 2.05) is 5.38 Å². The minimum absolute atomic E-state index is 0.0456. The fourth-order valence-electron chi connectivity index (χ4n) is 1.86. The summed E-state index contributed by atoms with van der Waals surface area (Å²) in [4.78, 5) is 14.5. The first-order valence-electron chi connectivity index (χ1n) is 5.27. The molecule has 16 heavy (non-hydrogen) atoms. The van der Waals surface area contributed by atoms with E-state index >= 15 is 0 Å². The number of carbonyl (C=O) groups is 1. The van der Waals surface area contributed by atoms with Crippen LogP contribution in [0.4, 0.5) is 0 Å². The van der Waals surface area contributed by atoms with E-state index in [2.05, 4.69) is 0 Å². The number of carbonyl (C=O) groups excluding carboxylic acids is 1. The first kappa shape index (κ1) is 11.4. The van der Waals surface area contributed by atoms with E-state index in [0.717, 1.165) is 18.7 Å². The van der Waals surface area contributed by atoms with Crippen molar-refractivity contribution in [3.63, 3.8) is 0 Å². The van der Waals surface area contributed by atoms with Gasteiger partial charge in [-0.15, -0.1) is 11.3 Å². The molecule has 0 saturated carbocycles. The molecule has 1 fully saturated rings. The smallest absolute Gasteiger partial charge is 0.264 e. The lowest BCUT2D eigenvalue weighted by molar-refractivity contribution is 0.0786. The highest BCUT2D eigenvalue weighted by Crippen LogP contribution is 2.25. The lowest BCUT2D eigenvalue weighted by atomic mass is 10.1. The molecular weight excluding hydrogens is 226 g/mol. The van der Waals surface area contributed by atoms with Gasteiger partial charge in [0.05, 0.1) is 12.0 Å². The van der Waals surface area contributed by atoms with Crippen molar-refractivity contribution in [1.82, 2.24) is 4.90 Å². The number of methoxy groups -OCH3 is 1. The average molecular weight is 241 g/mol. The molecule has 2 rings (SSSR count). The van der Waals surface area contributed by atoms with E-state index in [1.54, 1.807) is 18.1 Å². The summed E-state index contributed by atoms with van der Waals surface area (Å²) in [5, 5.41) is 10.8. The number of nitrogens with zero attached hydrogens (tertiary/aromatic N) is 1. The summed E-state index contributed by atoms with van der Waals surface area (Å²) in [6.07, 6.45) is 0.894. The second-order valence-corrected chi connectivity index (χ2v) is 4.85. The minimum Gasteiger partial charge on any atom is -0.496 e. The van der Waals surface area contributed by atoms with Crippen molar-refractivity contribution in [2.75, 3.05) is 26.8 Å². The first-order chi connectivity index (χ1) is 7.74. The maximum absolute atomic E-state index is 12.0. The standard InChI is InChI=1S/C11H15NO3S/c1-15-9-4-10(16-7-9)11(14)12-3-2-8(5-12)6-13/h4,7-8,13H,2-3,5-6H2,1H3. The quantitative estimate of drug-likeness (QED) is 0.865. The van der Waals surface area contributed by atoms with E-state index in [0.29, 0.717) is 11.4 Å². The van der Waals surface area contributed by atoms with Crippen molar-refractivity contribution >= 4 is 17.2 Å². The molecule has 1 aromatic rings. The van der Waals surface area contributed by atoms with Crippen molar-refractivity contribution in [2.24, 2.45) is 5.92 Å². The van der Waals surface area contributed by atoms with E-state index in [-0.39, 0.29) is 18.4 Å². The van der Waals surface area contributed by atoms with Crippen molar-refractivity contribution in [2.45, 2.75) is 6.42 Å². The SMILES string of the molecule is COc1csc(C(=O)N2CCC(CO)C2)c1. The molecule has 4 nitrogen and oxygen atoms in total. The monoisotopic (exact) mass is 241 g/mol. The summed E-state index contributed by atoms with van der Waals surface area (Å²) in [5.74, 6) is 1.02. The molecule has 0 spiro atoms. The summed E-state index contributed by atoms with van der Waals surface area (Å²) < 4.78 is 5.05. The second kappa shape index (κ2) is 4.84. The van der Waals surface area contributed by atoms with E-state index in [4.69, 9.17) is 9.84 Å². The molecule has 1 unspecified atom stereocenters. The third kappa shape index (κ3) is 2.20. The molecule has 1 aromatic heterocycles. The number of aliphatic hydroxyl groups is 1. The molecule has 1 amide bonds. The molecule has 2 heterocycles. The zero-order chi connectivity index (χ0) is 11.5. The van der Waals surface area contributed by atoms with Crippen LogP contribution in [0.25, 0.3) is 0 Å². The Labute approximate surface area is 98.4 Å². The number of amides is 1. The molecular formula is C11H15NO3S. The fraction of sp³-hybridized carbons (Fsp3) is 0.545. The summed E-state index contributed by atoms with van der Waals surface area (Å²) >= 11 is 1.40. The predicted molar refractivity (Wildman–Crippen MR) is 62.0 cm³/mol. The fourth-order valence-corrected chi connectivity index (χ4v) is 2.68. The van der Waals surface area contributed by atoms with E-state index in [9.17, 15) is 4.79 Å². The van der Waals surface area contributed by atoms with Gasteiger partial charge >= 0.3 is 0 Å². The highest BCUT2D eigenvalue weighted by molar-refractivity contribution is 7.12. The highest BCUT2D eigenvalue weighted by Gasteiger charge is 2.27. The largest absolute Gasteiger partial charge is 0.496 e. The molecule has 5 heteroatoms. The molecule has 88 valence electrons. The molecule has 0 radical (unpaired) electrons. The summed E-state index contributed by atoms with van der Waals surface area (Å²) in [6, 6.07) is 1.76. The van der Waals surface area contributed by atoms with Crippen LogP contribution in [-0.4, -0.2) is 42.7 Å². The minimum atomic E-state index is 0.0456. The van der Waals surface area contributed by atoms with E-state index < -0.39 is 0 Å². The van der Waals surface area contributed by atoms with Gasteiger partial charge in [-0.1, -0.05) is 0 Å². The molecule has 1 N–H and O–H groups in total. The van der Waals surface area contributed by atoms with Crippen LogP contribution in [0.5, 0.6) is 5.75 Å². The Kier molecular flexibility index (Phi) is 3.46. The van der Waals surface area contributed by atoms with E-state index in [1.165, 1.54) is 11.3 Å². The highest BCUT2D eigenvalue weighted by atomic mass is 32.1. The summed E-state index contributed by atoms with van der Waals surface area (Å²) in [6.45, 7) is 1.57. The molecule has 1 aliphatic rings. The van der Waals surface area contributed by atoms with Crippen LogP contribution >= 0.6 is 11.3 Å². The Balaban J connectivity index is 2.02. The Morgan fingerprint density at radius 2 is 2.56 bits per heavy atom. The van der Waals surface area contributed by atoms with Crippen LogP contribution in [-0.2, 0) is 0 Å². The van der Waals surface area contributed by atoms with Gasteiger partial charge in [-0.25, -0.2) is 0 Å². The predicted octanol–water partition coefficient (Wildman–Crippen LogP) is 1.21. The normalized spacial score (nSPS) is 20.1. The number of ether oxygens (including phenoxy) is 1. The van der Waals surface area contributed by atoms with Gasteiger partial charge in [0.1, 0.15) is 5.75 Å². The van der Waals surface area contributed by atoms with Crippen molar-refractivity contribution in [3.05, 3.63) is 16.3 Å². The number of likely N-dealkylation sites (tertiary alicyclic amines) is 1. The Hall–Kier alpha value is -1.07. The molecule has 0 bridgehead atoms. The van der Waals surface area contributed by atoms with Gasteiger partial charge in [0, 0.05) is 37.1 Å². The number of rotatable bonds is 3. The summed E-state index contributed by atoms with van der Waals surface area (Å²) in [7, 11) is 1.59. The van der Waals surface area contributed by atoms with Gasteiger partial charge in [0.25, 0.3) is 5.91 Å². The van der Waals surface area contributed by atoms with Crippen LogP contribution in [0, 0.1) is 5.92 Å². The lowest BCUT2D eigenvalue weighted by Crippen LogP contribution is -2.28. The van der Waals surface area contributed by atoms with Crippen molar-refractivity contribution < 1.29 is 14.6 Å². The van der Waals surface area contributed by atoms with Gasteiger partial charge in [-0.05, 0) is 6.42 Å². The molecule has 1 atom stereocenters. The number of thiophene rings is 1. The maximum atomic E-state index is 12.0. The average Bonchev–Trinajstić information content (AvgIpc) is 2.97. The third-order valence-electron chi connectivity index (χ3n) is 2.85. The summed E-state index contributed by atoms with van der Waals surface area (Å²) in [5.41, 5.74) is 0. The molecule has 1 aliphatic heterocycles. The van der Waals surface area contributed by atoms with Gasteiger partial charge in [0.15, 0.2) is 0 Å². The lowest BCUT2D eigenvalue weighted by Gasteiger charge is -2.14. The molecule has 0 aromatic carbocycles. The van der Waals surface area contributed by atoms with Crippen molar-refractivity contribution in [1.29, 1.82) is 0 Å². The van der Waals surface area contributed by atoms with Crippen LogP contribution in [0.15, 0.2) is 11.4 Å². The van der Waals surface area contributed by atoms with Crippen LogP contribution in [0.1, 0.15) is 16.1 Å². The Bertz CT molecular complexity index is 377.